The molecule has 0 atom stereocenters. The zero-order chi connectivity index (χ0) is 17.6. The second-order valence-electron chi connectivity index (χ2n) is 6.14. The third-order valence-electron chi connectivity index (χ3n) is 4.54. The number of para-hydroxylation sites is 2. The first-order valence-corrected chi connectivity index (χ1v) is 8.44. The van der Waals surface area contributed by atoms with Crippen LogP contribution in [-0.4, -0.2) is 29.3 Å². The van der Waals surface area contributed by atoms with E-state index in [0.717, 1.165) is 51.8 Å². The van der Waals surface area contributed by atoms with E-state index in [9.17, 15) is 0 Å². The number of rotatable bonds is 4. The fraction of sp³-hybridized carbons (Fsp3) is 0.333. The van der Waals surface area contributed by atoms with Crippen LogP contribution in [-0.2, 0) is 20.1 Å². The third kappa shape index (κ3) is 2.52. The summed E-state index contributed by atoms with van der Waals surface area (Å²) in [7, 11) is 1.92. The molecule has 25 heavy (non-hydrogen) atoms. The molecule has 128 valence electrons. The largest absolute Gasteiger partial charge is 0.361 e. The summed E-state index contributed by atoms with van der Waals surface area (Å²) in [5, 5.41) is 7.96. The molecule has 4 rings (SSSR count). The zero-order valence-corrected chi connectivity index (χ0v) is 14.9. The quantitative estimate of drug-likeness (QED) is 0.621. The van der Waals surface area contributed by atoms with Crippen molar-refractivity contribution in [2.45, 2.75) is 33.9 Å². The Bertz CT molecular complexity index is 1070. The van der Waals surface area contributed by atoms with Gasteiger partial charge in [-0.15, -0.1) is 0 Å². The molecule has 0 aliphatic carbocycles. The number of hydrogen-bond acceptors (Lipinski definition) is 5. The number of fused-ring (bicyclic) bond motifs is 2. The maximum absolute atomic E-state index is 4.76. The first-order valence-electron chi connectivity index (χ1n) is 8.44. The van der Waals surface area contributed by atoms with Crippen LogP contribution < -0.4 is 5.32 Å². The van der Waals surface area contributed by atoms with E-state index in [2.05, 4.69) is 37.9 Å². The molecule has 0 aliphatic heterocycles. The van der Waals surface area contributed by atoms with Crippen LogP contribution in [0.15, 0.2) is 24.3 Å². The van der Waals surface area contributed by atoms with Crippen LogP contribution in [0.2, 0.25) is 0 Å². The molecule has 4 aromatic rings. The van der Waals surface area contributed by atoms with Crippen molar-refractivity contribution < 1.29 is 0 Å². The number of nitrogens with one attached hydrogen (secondary N) is 1. The van der Waals surface area contributed by atoms with Gasteiger partial charge < -0.3 is 9.88 Å². The summed E-state index contributed by atoms with van der Waals surface area (Å²) < 4.78 is 4.06. The summed E-state index contributed by atoms with van der Waals surface area (Å²) in [6.07, 6.45) is 0. The second kappa shape index (κ2) is 5.84. The van der Waals surface area contributed by atoms with Crippen molar-refractivity contribution in [1.29, 1.82) is 0 Å². The van der Waals surface area contributed by atoms with Gasteiger partial charge >= 0.3 is 0 Å². The average Bonchev–Trinajstić information content (AvgIpc) is 3.11. The smallest absolute Gasteiger partial charge is 0.158 e. The SMILES string of the molecule is CCn1c(CNc2nc(C)nc3c(C)n(C)nc23)nc2ccccc21. The van der Waals surface area contributed by atoms with Gasteiger partial charge in [-0.05, 0) is 32.9 Å². The Balaban J connectivity index is 1.72. The van der Waals surface area contributed by atoms with Crippen LogP contribution in [0.25, 0.3) is 22.1 Å². The van der Waals surface area contributed by atoms with Crippen LogP contribution in [0.3, 0.4) is 0 Å². The first-order chi connectivity index (χ1) is 12.1. The Labute approximate surface area is 145 Å². The van der Waals surface area contributed by atoms with Gasteiger partial charge in [0.2, 0.25) is 0 Å². The summed E-state index contributed by atoms with van der Waals surface area (Å²) in [6, 6.07) is 8.20. The molecule has 7 heteroatoms. The highest BCUT2D eigenvalue weighted by atomic mass is 15.3. The topological polar surface area (TPSA) is 73.5 Å². The minimum Gasteiger partial charge on any atom is -0.361 e. The molecular formula is C18H21N7. The summed E-state index contributed by atoms with van der Waals surface area (Å²) >= 11 is 0. The lowest BCUT2D eigenvalue weighted by molar-refractivity contribution is 0.727. The van der Waals surface area contributed by atoms with Crippen LogP contribution in [0.4, 0.5) is 5.82 Å². The number of benzene rings is 1. The van der Waals surface area contributed by atoms with Crippen molar-refractivity contribution >= 4 is 27.9 Å². The number of hydrogen-bond donors (Lipinski definition) is 1. The molecule has 0 saturated carbocycles. The molecule has 0 bridgehead atoms. The lowest BCUT2D eigenvalue weighted by Gasteiger charge is -2.09. The van der Waals surface area contributed by atoms with Gasteiger partial charge in [-0.3, -0.25) is 4.68 Å². The lowest BCUT2D eigenvalue weighted by atomic mass is 10.3. The van der Waals surface area contributed by atoms with Gasteiger partial charge in [0.25, 0.3) is 0 Å². The monoisotopic (exact) mass is 335 g/mol. The second-order valence-corrected chi connectivity index (χ2v) is 6.14. The molecule has 1 N–H and O–H groups in total. The Hall–Kier alpha value is -2.96. The van der Waals surface area contributed by atoms with Gasteiger partial charge in [-0.1, -0.05) is 12.1 Å². The maximum Gasteiger partial charge on any atom is 0.158 e. The van der Waals surface area contributed by atoms with Crippen molar-refractivity contribution in [2.24, 2.45) is 7.05 Å². The van der Waals surface area contributed by atoms with E-state index >= 15 is 0 Å². The van der Waals surface area contributed by atoms with E-state index in [0.29, 0.717) is 6.54 Å². The Morgan fingerprint density at radius 1 is 1.04 bits per heavy atom. The third-order valence-corrected chi connectivity index (χ3v) is 4.54. The molecule has 0 fully saturated rings. The van der Waals surface area contributed by atoms with Gasteiger partial charge in [-0.25, -0.2) is 15.0 Å². The molecule has 0 radical (unpaired) electrons. The molecule has 0 saturated heterocycles. The first kappa shape index (κ1) is 15.6. The molecule has 3 aromatic heterocycles. The summed E-state index contributed by atoms with van der Waals surface area (Å²) in [4.78, 5) is 13.8. The fourth-order valence-electron chi connectivity index (χ4n) is 3.19. The van der Waals surface area contributed by atoms with Crippen molar-refractivity contribution in [1.82, 2.24) is 29.3 Å². The maximum atomic E-state index is 4.76. The van der Waals surface area contributed by atoms with Gasteiger partial charge in [0.1, 0.15) is 17.2 Å². The molecule has 7 nitrogen and oxygen atoms in total. The van der Waals surface area contributed by atoms with E-state index in [-0.39, 0.29) is 0 Å². The fourth-order valence-corrected chi connectivity index (χ4v) is 3.19. The predicted octanol–water partition coefficient (Wildman–Crippen LogP) is 2.96. The number of anilines is 1. The van der Waals surface area contributed by atoms with E-state index in [4.69, 9.17) is 4.98 Å². The molecule has 0 spiro atoms. The van der Waals surface area contributed by atoms with E-state index in [1.54, 1.807) is 0 Å². The number of aryl methyl sites for hydroxylation is 4. The molecule has 3 heterocycles. The van der Waals surface area contributed by atoms with Crippen LogP contribution in [0.1, 0.15) is 24.3 Å². The normalized spacial score (nSPS) is 11.5. The van der Waals surface area contributed by atoms with Gasteiger partial charge in [0.05, 0.1) is 23.3 Å². The lowest BCUT2D eigenvalue weighted by Crippen LogP contribution is -2.10. The molecule has 0 amide bonds. The Kier molecular flexibility index (Phi) is 3.63. The van der Waals surface area contributed by atoms with Crippen LogP contribution in [0, 0.1) is 13.8 Å². The molecule has 1 aromatic carbocycles. The molecule has 0 unspecified atom stereocenters. The highest BCUT2D eigenvalue weighted by molar-refractivity contribution is 5.87. The van der Waals surface area contributed by atoms with Crippen molar-refractivity contribution in [3.8, 4) is 0 Å². The highest BCUT2D eigenvalue weighted by Crippen LogP contribution is 2.23. The summed E-state index contributed by atoms with van der Waals surface area (Å²) in [6.45, 7) is 7.51. The molecule has 0 aliphatic rings. The average molecular weight is 335 g/mol. The minimum absolute atomic E-state index is 0.587. The van der Waals surface area contributed by atoms with Crippen LogP contribution >= 0.6 is 0 Å². The van der Waals surface area contributed by atoms with Gasteiger partial charge in [0.15, 0.2) is 11.3 Å². The standard InChI is InChI=1S/C18H21N7/c1-5-25-14-9-7-6-8-13(14)22-15(25)10-19-18-17-16(20-12(3)21-18)11(2)24(4)23-17/h6-9H,5,10H2,1-4H3,(H,19,20,21). The number of imidazole rings is 1. The Morgan fingerprint density at radius 2 is 1.84 bits per heavy atom. The van der Waals surface area contributed by atoms with Crippen molar-refractivity contribution in [3.63, 3.8) is 0 Å². The van der Waals surface area contributed by atoms with Gasteiger partial charge in [0, 0.05) is 13.6 Å². The van der Waals surface area contributed by atoms with Gasteiger partial charge in [-0.2, -0.15) is 5.10 Å². The zero-order valence-electron chi connectivity index (χ0n) is 14.9. The summed E-state index contributed by atoms with van der Waals surface area (Å²) in [5.41, 5.74) is 4.88. The Morgan fingerprint density at radius 3 is 2.64 bits per heavy atom. The number of nitrogens with zero attached hydrogens (tertiary/aromatic N) is 6. The van der Waals surface area contributed by atoms with Crippen molar-refractivity contribution in [2.75, 3.05) is 5.32 Å². The summed E-state index contributed by atoms with van der Waals surface area (Å²) in [5.74, 6) is 2.47. The van der Waals surface area contributed by atoms with E-state index < -0.39 is 0 Å². The predicted molar refractivity (Wildman–Crippen MR) is 98.5 cm³/mol. The molecular weight excluding hydrogens is 314 g/mol. The highest BCUT2D eigenvalue weighted by Gasteiger charge is 2.15. The van der Waals surface area contributed by atoms with Crippen LogP contribution in [0.5, 0.6) is 0 Å². The van der Waals surface area contributed by atoms with E-state index in [1.807, 2.05) is 43.8 Å². The minimum atomic E-state index is 0.587. The number of aromatic nitrogens is 6. The van der Waals surface area contributed by atoms with E-state index in [1.165, 1.54) is 0 Å². The van der Waals surface area contributed by atoms with Crippen molar-refractivity contribution in [3.05, 3.63) is 41.6 Å².